The summed E-state index contributed by atoms with van der Waals surface area (Å²) in [5.74, 6) is -2.24. The molecule has 228 valence electrons. The van der Waals surface area contributed by atoms with Crippen LogP contribution in [0.3, 0.4) is 0 Å². The maximum absolute atomic E-state index is 12.9. The summed E-state index contributed by atoms with van der Waals surface area (Å²) >= 11 is 6.21. The van der Waals surface area contributed by atoms with Gasteiger partial charge in [0.1, 0.15) is 5.52 Å². The molecule has 0 spiro atoms. The van der Waals surface area contributed by atoms with Gasteiger partial charge in [-0.05, 0) is 47.5 Å². The number of halogens is 1. The van der Waals surface area contributed by atoms with Crippen LogP contribution in [0, 0.1) is 5.92 Å². The lowest BCUT2D eigenvalue weighted by Gasteiger charge is -2.28. The van der Waals surface area contributed by atoms with E-state index in [1.165, 1.54) is 0 Å². The second-order valence-electron chi connectivity index (χ2n) is 11.0. The van der Waals surface area contributed by atoms with Crippen molar-refractivity contribution in [2.45, 2.75) is 12.3 Å². The van der Waals surface area contributed by atoms with Crippen LogP contribution in [0.1, 0.15) is 17.0 Å². The van der Waals surface area contributed by atoms with Crippen LogP contribution in [-0.2, 0) is 25.5 Å². The molecule has 0 radical (unpaired) electrons. The van der Waals surface area contributed by atoms with Gasteiger partial charge in [-0.1, -0.05) is 41.9 Å². The highest BCUT2D eigenvalue weighted by Crippen LogP contribution is 2.34. The number of carbonyl (C=O) groups excluding carboxylic acids is 2. The number of morpholine rings is 1. The molecule has 2 aliphatic heterocycles. The number of anilines is 3. The van der Waals surface area contributed by atoms with Crippen LogP contribution in [0.4, 0.5) is 17.4 Å². The summed E-state index contributed by atoms with van der Waals surface area (Å²) in [6.07, 6.45) is 0.121. The lowest BCUT2D eigenvalue weighted by atomic mass is 9.89. The molecule has 3 heterocycles. The number of amides is 2. The number of para-hydroxylation sites is 1. The Labute approximate surface area is 258 Å². The average molecular weight is 618 g/mol. The number of hydrogen-bond donors (Lipinski definition) is 3. The Balaban J connectivity index is 1.06. The lowest BCUT2D eigenvalue weighted by Crippen LogP contribution is -2.44. The number of oxazole rings is 1. The first-order chi connectivity index (χ1) is 21.3. The van der Waals surface area contributed by atoms with Crippen LogP contribution in [-0.4, -0.2) is 83.6 Å². The number of carbonyl (C=O) groups is 3. The Morgan fingerprint density at radius 3 is 2.52 bits per heavy atom. The Bertz CT molecular complexity index is 1670. The van der Waals surface area contributed by atoms with Crippen molar-refractivity contribution in [3.63, 3.8) is 0 Å². The smallest absolute Gasteiger partial charge is 0.308 e. The Morgan fingerprint density at radius 1 is 1.00 bits per heavy atom. The zero-order valence-electron chi connectivity index (χ0n) is 23.9. The van der Waals surface area contributed by atoms with Gasteiger partial charge in [-0.15, -0.1) is 0 Å². The van der Waals surface area contributed by atoms with Crippen molar-refractivity contribution in [3.8, 4) is 0 Å². The minimum Gasteiger partial charge on any atom is -0.481 e. The fourth-order valence-electron chi connectivity index (χ4n) is 5.66. The number of fused-ring (bicyclic) bond motifs is 1. The van der Waals surface area contributed by atoms with Crippen molar-refractivity contribution in [1.29, 1.82) is 0 Å². The molecule has 2 saturated heterocycles. The van der Waals surface area contributed by atoms with Gasteiger partial charge in [0.2, 0.25) is 11.8 Å². The summed E-state index contributed by atoms with van der Waals surface area (Å²) in [6, 6.07) is 20.1. The zero-order chi connectivity index (χ0) is 30.6. The van der Waals surface area contributed by atoms with Gasteiger partial charge in [-0.25, -0.2) is 0 Å². The number of aliphatic carboxylic acids is 1. The quantitative estimate of drug-likeness (QED) is 0.250. The van der Waals surface area contributed by atoms with Crippen molar-refractivity contribution >= 4 is 57.9 Å². The topological polar surface area (TPSA) is 137 Å². The van der Waals surface area contributed by atoms with Gasteiger partial charge in [-0.3, -0.25) is 19.3 Å². The predicted octanol–water partition coefficient (Wildman–Crippen LogP) is 4.36. The SMILES string of the molecule is O=C(Cc1ccc2nc(Nc3ccccc3Cl)oc2c1)Nc1ccc(C2CN(C(=O)CN3CCOCC3)CC2C(=O)O)cc1. The molecule has 1 aromatic heterocycles. The number of likely N-dealkylation sites (tertiary alicyclic amines) is 1. The largest absolute Gasteiger partial charge is 0.481 e. The number of carboxylic acid groups (broad SMARTS) is 1. The zero-order valence-corrected chi connectivity index (χ0v) is 24.6. The summed E-state index contributed by atoms with van der Waals surface area (Å²) in [5.41, 5.74) is 4.02. The molecular weight excluding hydrogens is 586 g/mol. The van der Waals surface area contributed by atoms with Crippen molar-refractivity contribution in [1.82, 2.24) is 14.8 Å². The number of ether oxygens (including phenoxy) is 1. The molecule has 2 atom stereocenters. The van der Waals surface area contributed by atoms with Gasteiger partial charge in [-0.2, -0.15) is 4.98 Å². The van der Waals surface area contributed by atoms with Crippen molar-refractivity contribution < 1.29 is 28.6 Å². The first-order valence-corrected chi connectivity index (χ1v) is 14.8. The maximum Gasteiger partial charge on any atom is 0.308 e. The first-order valence-electron chi connectivity index (χ1n) is 14.4. The van der Waals surface area contributed by atoms with Crippen LogP contribution in [0.25, 0.3) is 11.1 Å². The van der Waals surface area contributed by atoms with E-state index in [-0.39, 0.29) is 37.2 Å². The van der Waals surface area contributed by atoms with E-state index in [1.54, 1.807) is 35.2 Å². The summed E-state index contributed by atoms with van der Waals surface area (Å²) in [7, 11) is 0. The van der Waals surface area contributed by atoms with E-state index in [0.717, 1.165) is 11.1 Å². The van der Waals surface area contributed by atoms with Crippen LogP contribution in [0.5, 0.6) is 0 Å². The van der Waals surface area contributed by atoms with E-state index in [1.807, 2.05) is 41.3 Å². The molecule has 11 nitrogen and oxygen atoms in total. The molecule has 4 aromatic rings. The number of aromatic nitrogens is 1. The molecule has 2 unspecified atom stereocenters. The minimum absolute atomic E-state index is 0.0684. The highest BCUT2D eigenvalue weighted by molar-refractivity contribution is 6.33. The average Bonchev–Trinajstić information content (AvgIpc) is 3.64. The highest BCUT2D eigenvalue weighted by Gasteiger charge is 2.40. The minimum atomic E-state index is -0.926. The number of rotatable bonds is 9. The number of hydrogen-bond acceptors (Lipinski definition) is 8. The van der Waals surface area contributed by atoms with Crippen molar-refractivity contribution in [2.75, 3.05) is 56.6 Å². The van der Waals surface area contributed by atoms with Crippen molar-refractivity contribution in [2.24, 2.45) is 5.92 Å². The van der Waals surface area contributed by atoms with Crippen LogP contribution >= 0.6 is 11.6 Å². The molecule has 0 aliphatic carbocycles. The normalized spacial score (nSPS) is 18.8. The third kappa shape index (κ3) is 6.85. The Morgan fingerprint density at radius 2 is 1.77 bits per heavy atom. The van der Waals surface area contributed by atoms with E-state index >= 15 is 0 Å². The van der Waals surface area contributed by atoms with Gasteiger partial charge >= 0.3 is 5.97 Å². The molecule has 2 aliphatic rings. The standard InChI is InChI=1S/C32H32ClN5O6/c33-25-3-1-2-4-26(25)35-32-36-27-10-5-20(15-28(27)44-32)16-29(39)34-22-8-6-21(7-9-22)23-17-38(18-24(23)31(41)42)30(40)19-37-11-13-43-14-12-37/h1-10,15,23-24H,11-14,16-19H2,(H,34,39)(H,35,36)(H,41,42). The second-order valence-corrected chi connectivity index (χ2v) is 11.4. The van der Waals surface area contributed by atoms with Crippen molar-refractivity contribution in [3.05, 3.63) is 82.9 Å². The molecule has 2 amide bonds. The predicted molar refractivity (Wildman–Crippen MR) is 165 cm³/mol. The number of nitrogens with zero attached hydrogens (tertiary/aromatic N) is 3. The molecule has 0 saturated carbocycles. The van der Waals surface area contributed by atoms with Crippen LogP contribution in [0.15, 0.2) is 71.1 Å². The van der Waals surface area contributed by atoms with E-state index in [4.69, 9.17) is 20.8 Å². The molecule has 0 bridgehead atoms. The molecule has 44 heavy (non-hydrogen) atoms. The molecule has 3 N–H and O–H groups in total. The lowest BCUT2D eigenvalue weighted by molar-refractivity contribution is -0.142. The summed E-state index contributed by atoms with van der Waals surface area (Å²) < 4.78 is 11.2. The van der Waals surface area contributed by atoms with Gasteiger partial charge < -0.3 is 29.8 Å². The second kappa shape index (κ2) is 13.0. The molecule has 12 heteroatoms. The van der Waals surface area contributed by atoms with Gasteiger partial charge in [0, 0.05) is 37.8 Å². The maximum atomic E-state index is 12.9. The fourth-order valence-corrected chi connectivity index (χ4v) is 5.84. The summed E-state index contributed by atoms with van der Waals surface area (Å²) in [6.45, 7) is 3.35. The van der Waals surface area contributed by atoms with E-state index in [0.29, 0.717) is 66.4 Å². The highest BCUT2D eigenvalue weighted by atomic mass is 35.5. The molecule has 6 rings (SSSR count). The first kappa shape index (κ1) is 29.6. The van der Waals surface area contributed by atoms with Gasteiger partial charge in [0.15, 0.2) is 5.58 Å². The van der Waals surface area contributed by atoms with Crippen LogP contribution < -0.4 is 10.6 Å². The van der Waals surface area contributed by atoms with E-state index < -0.39 is 11.9 Å². The third-order valence-electron chi connectivity index (χ3n) is 8.01. The fraction of sp³-hybridized carbons (Fsp3) is 0.312. The number of benzene rings is 3. The number of carboxylic acids is 1. The van der Waals surface area contributed by atoms with Gasteiger partial charge in [0.05, 0.1) is 42.8 Å². The molecule has 2 fully saturated rings. The van der Waals surface area contributed by atoms with E-state index in [2.05, 4.69) is 15.6 Å². The van der Waals surface area contributed by atoms with Crippen LogP contribution in [0.2, 0.25) is 5.02 Å². The summed E-state index contributed by atoms with van der Waals surface area (Å²) in [4.78, 5) is 46.0. The monoisotopic (exact) mass is 617 g/mol. The summed E-state index contributed by atoms with van der Waals surface area (Å²) in [5, 5.41) is 16.4. The molecular formula is C32H32ClN5O6. The third-order valence-corrected chi connectivity index (χ3v) is 8.34. The van der Waals surface area contributed by atoms with Gasteiger partial charge in [0.25, 0.3) is 6.01 Å². The number of nitrogens with one attached hydrogen (secondary N) is 2. The Hall–Kier alpha value is -4.45. The molecule has 3 aromatic carbocycles. The Kier molecular flexibility index (Phi) is 8.78. The van der Waals surface area contributed by atoms with E-state index in [9.17, 15) is 19.5 Å².